The number of para-hydroxylation sites is 1. The maximum atomic E-state index is 12.6. The van der Waals surface area contributed by atoms with Crippen LogP contribution in [0.25, 0.3) is 5.69 Å². The molecule has 1 amide bonds. The third-order valence-corrected chi connectivity index (χ3v) is 6.54. The minimum absolute atomic E-state index is 0.256. The predicted molar refractivity (Wildman–Crippen MR) is 124 cm³/mol. The molecule has 2 aromatic carbocycles. The van der Waals surface area contributed by atoms with Crippen LogP contribution in [0.2, 0.25) is 0 Å². The van der Waals surface area contributed by atoms with Crippen molar-refractivity contribution >= 4 is 23.4 Å². The number of benzene rings is 2. The van der Waals surface area contributed by atoms with Crippen LogP contribution >= 0.6 is 11.8 Å². The summed E-state index contributed by atoms with van der Waals surface area (Å²) in [4.78, 5) is 18.2. The Bertz CT molecular complexity index is 979. The molecule has 30 heavy (non-hydrogen) atoms. The number of nitrogens with zero attached hydrogens (tertiary/aromatic N) is 4. The first kappa shape index (κ1) is 20.5. The Kier molecular flexibility index (Phi) is 6.43. The van der Waals surface area contributed by atoms with Gasteiger partial charge in [-0.3, -0.25) is 4.79 Å². The number of amides is 1. The highest BCUT2D eigenvalue weighted by Gasteiger charge is 2.25. The van der Waals surface area contributed by atoms with Gasteiger partial charge in [-0.05, 0) is 38.1 Å². The van der Waals surface area contributed by atoms with Crippen LogP contribution in [-0.4, -0.2) is 52.5 Å². The minimum atomic E-state index is 0.256. The first-order valence-corrected chi connectivity index (χ1v) is 11.4. The van der Waals surface area contributed by atoms with E-state index in [1.165, 1.54) is 10.6 Å². The number of thioether (sulfide) groups is 1. The molecular weight excluding hydrogens is 392 g/mol. The molecule has 1 saturated heterocycles. The zero-order valence-electron chi connectivity index (χ0n) is 17.6. The largest absolute Gasteiger partial charge is 0.365 e. The van der Waals surface area contributed by atoms with Crippen molar-refractivity contribution in [1.82, 2.24) is 14.7 Å². The van der Waals surface area contributed by atoms with Crippen molar-refractivity contribution in [1.29, 1.82) is 0 Å². The number of hydrogen-bond donors (Lipinski definition) is 0. The molecule has 0 N–H and O–H groups in total. The SMILES string of the molecule is Cc1nn(-c2ccccc2)c(C)c1N1CCN(C(=O)CCSc2ccccc2)CC1. The molecule has 0 bridgehead atoms. The van der Waals surface area contributed by atoms with E-state index in [1.807, 2.05) is 46.0 Å². The average molecular weight is 421 g/mol. The molecule has 1 aliphatic rings. The fourth-order valence-electron chi connectivity index (χ4n) is 4.02. The Morgan fingerprint density at radius 1 is 0.933 bits per heavy atom. The van der Waals surface area contributed by atoms with Gasteiger partial charge < -0.3 is 9.80 Å². The third kappa shape index (κ3) is 4.54. The summed E-state index contributed by atoms with van der Waals surface area (Å²) in [5.41, 5.74) is 4.47. The van der Waals surface area contributed by atoms with E-state index in [0.29, 0.717) is 6.42 Å². The smallest absolute Gasteiger partial charge is 0.223 e. The van der Waals surface area contributed by atoms with E-state index >= 15 is 0 Å². The second-order valence-corrected chi connectivity index (χ2v) is 8.71. The molecule has 156 valence electrons. The number of piperazine rings is 1. The van der Waals surface area contributed by atoms with Crippen molar-refractivity contribution in [3.63, 3.8) is 0 Å². The normalized spacial score (nSPS) is 14.2. The zero-order chi connectivity index (χ0) is 20.9. The molecule has 1 aromatic heterocycles. The van der Waals surface area contributed by atoms with Crippen molar-refractivity contribution < 1.29 is 4.79 Å². The Labute approximate surface area is 182 Å². The second kappa shape index (κ2) is 9.39. The molecule has 5 nitrogen and oxygen atoms in total. The Morgan fingerprint density at radius 2 is 1.57 bits per heavy atom. The van der Waals surface area contributed by atoms with Gasteiger partial charge in [-0.15, -0.1) is 11.8 Å². The van der Waals surface area contributed by atoms with Crippen molar-refractivity contribution in [2.24, 2.45) is 0 Å². The monoisotopic (exact) mass is 420 g/mol. The number of aryl methyl sites for hydroxylation is 1. The lowest BCUT2D eigenvalue weighted by atomic mass is 10.2. The van der Waals surface area contributed by atoms with E-state index in [2.05, 4.69) is 43.0 Å². The van der Waals surface area contributed by atoms with Gasteiger partial charge in [0.2, 0.25) is 5.91 Å². The lowest BCUT2D eigenvalue weighted by molar-refractivity contribution is -0.131. The fraction of sp³-hybridized carbons (Fsp3) is 0.333. The Morgan fingerprint density at radius 3 is 2.23 bits per heavy atom. The summed E-state index contributed by atoms with van der Waals surface area (Å²) in [6, 6.07) is 20.5. The molecular formula is C24H28N4OS. The molecule has 0 aliphatic carbocycles. The highest BCUT2D eigenvalue weighted by atomic mass is 32.2. The first-order valence-electron chi connectivity index (χ1n) is 10.5. The van der Waals surface area contributed by atoms with Gasteiger partial charge in [0, 0.05) is 43.2 Å². The highest BCUT2D eigenvalue weighted by molar-refractivity contribution is 7.99. The first-order chi connectivity index (χ1) is 14.6. The van der Waals surface area contributed by atoms with Crippen LogP contribution in [0.15, 0.2) is 65.6 Å². The average Bonchev–Trinajstić information content (AvgIpc) is 3.09. The molecule has 0 radical (unpaired) electrons. The van der Waals surface area contributed by atoms with E-state index in [4.69, 9.17) is 5.10 Å². The van der Waals surface area contributed by atoms with Gasteiger partial charge in [-0.2, -0.15) is 5.10 Å². The van der Waals surface area contributed by atoms with E-state index < -0.39 is 0 Å². The fourth-order valence-corrected chi connectivity index (χ4v) is 4.89. The number of hydrogen-bond acceptors (Lipinski definition) is 4. The molecule has 0 unspecified atom stereocenters. The van der Waals surface area contributed by atoms with Gasteiger partial charge in [0.1, 0.15) is 0 Å². The van der Waals surface area contributed by atoms with Crippen LogP contribution in [0.4, 0.5) is 5.69 Å². The van der Waals surface area contributed by atoms with Crippen LogP contribution in [0.3, 0.4) is 0 Å². The van der Waals surface area contributed by atoms with Crippen LogP contribution in [0.5, 0.6) is 0 Å². The summed E-state index contributed by atoms with van der Waals surface area (Å²) >= 11 is 1.75. The predicted octanol–water partition coefficient (Wildman–Crippen LogP) is 4.32. The quantitative estimate of drug-likeness (QED) is 0.557. The van der Waals surface area contributed by atoms with E-state index in [9.17, 15) is 4.79 Å². The summed E-state index contributed by atoms with van der Waals surface area (Å²) in [5, 5.41) is 4.77. The topological polar surface area (TPSA) is 41.4 Å². The standard InChI is InChI=1S/C24H28N4OS/c1-19-24(20(2)28(25-19)21-9-5-3-6-10-21)27-16-14-26(15-17-27)23(29)13-18-30-22-11-7-4-8-12-22/h3-12H,13-18H2,1-2H3. The molecule has 1 fully saturated rings. The molecule has 2 heterocycles. The van der Waals surface area contributed by atoms with E-state index in [1.54, 1.807) is 11.8 Å². The summed E-state index contributed by atoms with van der Waals surface area (Å²) < 4.78 is 2.02. The number of carbonyl (C=O) groups excluding carboxylic acids is 1. The van der Waals surface area contributed by atoms with Gasteiger partial charge in [0.05, 0.1) is 22.8 Å². The summed E-state index contributed by atoms with van der Waals surface area (Å²) in [6.45, 7) is 7.43. The van der Waals surface area contributed by atoms with Crippen molar-refractivity contribution in [2.45, 2.75) is 25.2 Å². The summed E-state index contributed by atoms with van der Waals surface area (Å²) in [7, 11) is 0. The zero-order valence-corrected chi connectivity index (χ0v) is 18.4. The second-order valence-electron chi connectivity index (χ2n) is 7.55. The number of anilines is 1. The molecule has 6 heteroatoms. The van der Waals surface area contributed by atoms with Crippen LogP contribution in [0, 0.1) is 13.8 Å². The summed E-state index contributed by atoms with van der Waals surface area (Å²) in [6.07, 6.45) is 0.587. The Balaban J connectivity index is 1.33. The molecule has 0 atom stereocenters. The number of rotatable bonds is 6. The molecule has 1 aliphatic heterocycles. The van der Waals surface area contributed by atoms with Gasteiger partial charge >= 0.3 is 0 Å². The third-order valence-electron chi connectivity index (χ3n) is 5.53. The Hall–Kier alpha value is -2.73. The van der Waals surface area contributed by atoms with Gasteiger partial charge in [-0.25, -0.2) is 4.68 Å². The molecule has 4 rings (SSSR count). The van der Waals surface area contributed by atoms with Crippen LogP contribution < -0.4 is 4.90 Å². The summed E-state index contributed by atoms with van der Waals surface area (Å²) in [5.74, 6) is 1.08. The molecule has 3 aromatic rings. The van der Waals surface area contributed by atoms with Crippen molar-refractivity contribution in [2.75, 3.05) is 36.8 Å². The number of aromatic nitrogens is 2. The lowest BCUT2D eigenvalue weighted by Gasteiger charge is -2.36. The van der Waals surface area contributed by atoms with Gasteiger partial charge in [-0.1, -0.05) is 36.4 Å². The number of carbonyl (C=O) groups is 1. The molecule has 0 spiro atoms. The lowest BCUT2D eigenvalue weighted by Crippen LogP contribution is -2.49. The van der Waals surface area contributed by atoms with E-state index in [0.717, 1.165) is 49.0 Å². The van der Waals surface area contributed by atoms with Crippen LogP contribution in [-0.2, 0) is 4.79 Å². The van der Waals surface area contributed by atoms with Crippen molar-refractivity contribution in [3.05, 3.63) is 72.1 Å². The maximum absolute atomic E-state index is 12.6. The van der Waals surface area contributed by atoms with Gasteiger partial charge in [0.25, 0.3) is 0 Å². The van der Waals surface area contributed by atoms with Crippen molar-refractivity contribution in [3.8, 4) is 5.69 Å². The van der Waals surface area contributed by atoms with Gasteiger partial charge in [0.15, 0.2) is 0 Å². The van der Waals surface area contributed by atoms with E-state index in [-0.39, 0.29) is 5.91 Å². The molecule has 0 saturated carbocycles. The minimum Gasteiger partial charge on any atom is -0.365 e. The maximum Gasteiger partial charge on any atom is 0.223 e. The highest BCUT2D eigenvalue weighted by Crippen LogP contribution is 2.28. The van der Waals surface area contributed by atoms with Crippen LogP contribution in [0.1, 0.15) is 17.8 Å².